The first-order valence-electron chi connectivity index (χ1n) is 6.63. The number of nitrogens with zero attached hydrogens (tertiary/aromatic N) is 2. The topological polar surface area (TPSA) is 36.3 Å². The van der Waals surface area contributed by atoms with Crippen LogP contribution in [0.4, 0.5) is 4.39 Å². The maximum Gasteiger partial charge on any atom is 0.124 e. The fourth-order valence-corrected chi connectivity index (χ4v) is 2.57. The van der Waals surface area contributed by atoms with Crippen LogP contribution in [0.15, 0.2) is 18.2 Å². The van der Waals surface area contributed by atoms with Gasteiger partial charge < -0.3 is 9.64 Å². The van der Waals surface area contributed by atoms with E-state index in [1.165, 1.54) is 18.6 Å². The minimum absolute atomic E-state index is 0.344. The molecule has 0 radical (unpaired) electrons. The van der Waals surface area contributed by atoms with Gasteiger partial charge in [-0.3, -0.25) is 0 Å². The highest BCUT2D eigenvalue weighted by Crippen LogP contribution is 2.16. The van der Waals surface area contributed by atoms with Gasteiger partial charge in [-0.25, -0.2) is 4.39 Å². The molecular formula is C15H19FN2O. The fourth-order valence-electron chi connectivity index (χ4n) is 2.57. The molecule has 1 saturated heterocycles. The monoisotopic (exact) mass is 262 g/mol. The van der Waals surface area contributed by atoms with E-state index in [9.17, 15) is 4.39 Å². The summed E-state index contributed by atoms with van der Waals surface area (Å²) in [6.45, 7) is 3.29. The van der Waals surface area contributed by atoms with E-state index in [-0.39, 0.29) is 5.82 Å². The summed E-state index contributed by atoms with van der Waals surface area (Å²) in [7, 11) is 2.02. The molecule has 4 heteroatoms. The van der Waals surface area contributed by atoms with E-state index in [1.807, 2.05) is 13.1 Å². The summed E-state index contributed by atoms with van der Waals surface area (Å²) in [6, 6.07) is 6.49. The van der Waals surface area contributed by atoms with Crippen molar-refractivity contribution in [3.63, 3.8) is 0 Å². The minimum Gasteiger partial charge on any atom is -0.381 e. The largest absolute Gasteiger partial charge is 0.381 e. The average Bonchev–Trinajstić information content (AvgIpc) is 2.38. The van der Waals surface area contributed by atoms with Crippen LogP contribution in [0.3, 0.4) is 0 Å². The van der Waals surface area contributed by atoms with Gasteiger partial charge in [-0.05, 0) is 49.6 Å². The van der Waals surface area contributed by atoms with E-state index >= 15 is 0 Å². The van der Waals surface area contributed by atoms with Gasteiger partial charge in [0.1, 0.15) is 5.82 Å². The summed E-state index contributed by atoms with van der Waals surface area (Å²) in [5.41, 5.74) is 1.22. The van der Waals surface area contributed by atoms with E-state index < -0.39 is 0 Å². The molecule has 0 N–H and O–H groups in total. The van der Waals surface area contributed by atoms with Crippen molar-refractivity contribution in [3.8, 4) is 6.07 Å². The van der Waals surface area contributed by atoms with Crippen molar-refractivity contribution in [3.05, 3.63) is 35.1 Å². The number of benzene rings is 1. The Hall–Kier alpha value is -1.44. The van der Waals surface area contributed by atoms with Crippen LogP contribution >= 0.6 is 0 Å². The minimum atomic E-state index is -0.344. The lowest BCUT2D eigenvalue weighted by Gasteiger charge is -2.27. The molecule has 0 bridgehead atoms. The molecule has 2 rings (SSSR count). The second-order valence-corrected chi connectivity index (χ2v) is 5.24. The maximum atomic E-state index is 13.3. The number of nitriles is 1. The highest BCUT2D eigenvalue weighted by Gasteiger charge is 2.16. The molecule has 1 fully saturated rings. The quantitative estimate of drug-likeness (QED) is 0.836. The van der Waals surface area contributed by atoms with Crippen molar-refractivity contribution in [1.29, 1.82) is 5.26 Å². The van der Waals surface area contributed by atoms with Crippen LogP contribution in [0, 0.1) is 23.1 Å². The Morgan fingerprint density at radius 1 is 1.47 bits per heavy atom. The second kappa shape index (κ2) is 6.65. The van der Waals surface area contributed by atoms with Gasteiger partial charge in [0.25, 0.3) is 0 Å². The van der Waals surface area contributed by atoms with Crippen LogP contribution in [0.1, 0.15) is 24.0 Å². The van der Waals surface area contributed by atoms with E-state index in [0.29, 0.717) is 18.0 Å². The summed E-state index contributed by atoms with van der Waals surface area (Å²) in [4.78, 5) is 2.16. The SMILES string of the molecule is CN(Cc1cc(F)cc(C#N)c1)CC1CCCOC1. The predicted molar refractivity (Wildman–Crippen MR) is 71.0 cm³/mol. The normalized spacial score (nSPS) is 19.4. The fraction of sp³-hybridized carbons (Fsp3) is 0.533. The molecule has 1 aliphatic rings. The summed E-state index contributed by atoms with van der Waals surface area (Å²) in [5, 5.41) is 8.83. The average molecular weight is 262 g/mol. The number of ether oxygens (including phenoxy) is 1. The molecule has 0 spiro atoms. The zero-order chi connectivity index (χ0) is 13.7. The standard InChI is InChI=1S/C15H19FN2O/c1-18(9-12-3-2-4-19-11-12)10-14-5-13(8-17)6-15(16)7-14/h5-7,12H,2-4,9-11H2,1H3. The molecule has 3 nitrogen and oxygen atoms in total. The summed E-state index contributed by atoms with van der Waals surface area (Å²) in [6.07, 6.45) is 2.31. The Labute approximate surface area is 113 Å². The van der Waals surface area contributed by atoms with Gasteiger partial charge in [-0.15, -0.1) is 0 Å². The Kier molecular flexibility index (Phi) is 4.89. The first-order valence-corrected chi connectivity index (χ1v) is 6.63. The zero-order valence-corrected chi connectivity index (χ0v) is 11.2. The molecule has 1 heterocycles. The van der Waals surface area contributed by atoms with Crippen molar-refractivity contribution >= 4 is 0 Å². The van der Waals surface area contributed by atoms with Gasteiger partial charge in [0, 0.05) is 19.7 Å². The molecule has 1 aromatic carbocycles. The van der Waals surface area contributed by atoms with Crippen molar-refractivity contribution < 1.29 is 9.13 Å². The van der Waals surface area contributed by atoms with Crippen LogP contribution in [0.2, 0.25) is 0 Å². The molecule has 1 aliphatic heterocycles. The lowest BCUT2D eigenvalue weighted by Crippen LogP contribution is -2.30. The van der Waals surface area contributed by atoms with E-state index in [1.54, 1.807) is 6.07 Å². The van der Waals surface area contributed by atoms with Gasteiger partial charge in [0.15, 0.2) is 0 Å². The molecule has 0 saturated carbocycles. The predicted octanol–water partition coefficient (Wildman–Crippen LogP) is 2.56. The number of rotatable bonds is 4. The number of hydrogen-bond acceptors (Lipinski definition) is 3. The van der Waals surface area contributed by atoms with Gasteiger partial charge in [-0.1, -0.05) is 0 Å². The van der Waals surface area contributed by atoms with Crippen molar-refractivity contribution in [2.24, 2.45) is 5.92 Å². The Balaban J connectivity index is 1.92. The van der Waals surface area contributed by atoms with Crippen LogP contribution in [0.5, 0.6) is 0 Å². The summed E-state index contributed by atoms with van der Waals surface area (Å²) in [5.74, 6) is 0.214. The van der Waals surface area contributed by atoms with Crippen LogP contribution in [-0.4, -0.2) is 31.7 Å². The molecule has 102 valence electrons. The van der Waals surface area contributed by atoms with E-state index in [0.717, 1.165) is 31.7 Å². The molecule has 1 aromatic rings. The lowest BCUT2D eigenvalue weighted by atomic mass is 10.0. The first-order chi connectivity index (χ1) is 9.17. The van der Waals surface area contributed by atoms with Crippen LogP contribution in [0.25, 0.3) is 0 Å². The maximum absolute atomic E-state index is 13.3. The van der Waals surface area contributed by atoms with Gasteiger partial charge in [0.05, 0.1) is 18.2 Å². The molecule has 0 amide bonds. The van der Waals surface area contributed by atoms with Gasteiger partial charge in [0.2, 0.25) is 0 Å². The first kappa shape index (κ1) is 14.0. The third kappa shape index (κ3) is 4.30. The number of hydrogen-bond donors (Lipinski definition) is 0. The highest BCUT2D eigenvalue weighted by atomic mass is 19.1. The second-order valence-electron chi connectivity index (χ2n) is 5.24. The third-order valence-electron chi connectivity index (χ3n) is 3.36. The highest BCUT2D eigenvalue weighted by molar-refractivity contribution is 5.33. The molecular weight excluding hydrogens is 243 g/mol. The molecule has 19 heavy (non-hydrogen) atoms. The smallest absolute Gasteiger partial charge is 0.124 e. The molecule has 0 aromatic heterocycles. The Morgan fingerprint density at radius 2 is 2.32 bits per heavy atom. The van der Waals surface area contributed by atoms with Crippen LogP contribution in [-0.2, 0) is 11.3 Å². The molecule has 1 atom stereocenters. The zero-order valence-electron chi connectivity index (χ0n) is 11.2. The van der Waals surface area contributed by atoms with Gasteiger partial charge >= 0.3 is 0 Å². The van der Waals surface area contributed by atoms with Crippen LogP contribution < -0.4 is 0 Å². The van der Waals surface area contributed by atoms with Crippen molar-refractivity contribution in [2.75, 3.05) is 26.8 Å². The summed E-state index contributed by atoms with van der Waals surface area (Å²) < 4.78 is 18.8. The molecule has 1 unspecified atom stereocenters. The Morgan fingerprint density at radius 3 is 3.00 bits per heavy atom. The van der Waals surface area contributed by atoms with Crippen molar-refractivity contribution in [2.45, 2.75) is 19.4 Å². The molecule has 0 aliphatic carbocycles. The number of halogens is 1. The Bertz CT molecular complexity index is 464. The van der Waals surface area contributed by atoms with Gasteiger partial charge in [-0.2, -0.15) is 5.26 Å². The van der Waals surface area contributed by atoms with E-state index in [2.05, 4.69) is 4.90 Å². The summed E-state index contributed by atoms with van der Waals surface area (Å²) >= 11 is 0. The van der Waals surface area contributed by atoms with Crippen molar-refractivity contribution in [1.82, 2.24) is 4.90 Å². The van der Waals surface area contributed by atoms with E-state index in [4.69, 9.17) is 10.00 Å². The third-order valence-corrected chi connectivity index (χ3v) is 3.36. The lowest BCUT2D eigenvalue weighted by molar-refractivity contribution is 0.0411.